The second-order valence-corrected chi connectivity index (χ2v) is 10.2. The van der Waals surface area contributed by atoms with E-state index in [0.717, 1.165) is 24.8 Å². The number of hydrogen-bond donors (Lipinski definition) is 0. The molecule has 35 heavy (non-hydrogen) atoms. The minimum Gasteiger partial charge on any atom is -0.311 e. The Hall–Kier alpha value is -3.48. The van der Waals surface area contributed by atoms with E-state index in [1.54, 1.807) is 15.9 Å². The van der Waals surface area contributed by atoms with E-state index in [4.69, 9.17) is 10.2 Å². The van der Waals surface area contributed by atoms with Crippen molar-refractivity contribution in [1.29, 1.82) is 5.26 Å². The van der Waals surface area contributed by atoms with Gasteiger partial charge in [0.05, 0.1) is 29.3 Å². The van der Waals surface area contributed by atoms with Crippen molar-refractivity contribution in [1.82, 2.24) is 9.55 Å². The predicted octanol–water partition coefficient (Wildman–Crippen LogP) is 5.11. The highest BCUT2D eigenvalue weighted by Gasteiger charge is 2.25. The largest absolute Gasteiger partial charge is 0.311 e. The third kappa shape index (κ3) is 4.59. The van der Waals surface area contributed by atoms with Crippen LogP contribution in [0.15, 0.2) is 64.5 Å². The molecule has 0 atom stereocenters. The number of amides is 1. The summed E-state index contributed by atoms with van der Waals surface area (Å²) in [7, 11) is 0. The molecule has 1 aliphatic carbocycles. The molecule has 2 heterocycles. The maximum atomic E-state index is 13.7. The molecule has 2 aromatic carbocycles. The van der Waals surface area contributed by atoms with Gasteiger partial charge in [-0.3, -0.25) is 14.2 Å². The molecule has 176 valence electrons. The van der Waals surface area contributed by atoms with Crippen LogP contribution in [0.25, 0.3) is 15.9 Å². The lowest BCUT2D eigenvalue weighted by molar-refractivity contribution is -0.116. The van der Waals surface area contributed by atoms with Gasteiger partial charge in [0.15, 0.2) is 5.16 Å². The van der Waals surface area contributed by atoms with Gasteiger partial charge in [-0.25, -0.2) is 9.37 Å². The van der Waals surface area contributed by atoms with Gasteiger partial charge in [-0.15, -0.1) is 11.3 Å². The SMILES string of the molecule is N#CCCN(C(=O)CSc1nc2sc3c(c2c(=O)n1-c1ccccc1)CCC3)c1ccc(F)cc1. The first-order valence-corrected chi connectivity index (χ1v) is 13.1. The van der Waals surface area contributed by atoms with Crippen LogP contribution in [0, 0.1) is 17.1 Å². The van der Waals surface area contributed by atoms with Gasteiger partial charge in [0.1, 0.15) is 10.6 Å². The molecule has 0 N–H and O–H groups in total. The Bertz CT molecular complexity index is 1490. The van der Waals surface area contributed by atoms with Crippen LogP contribution in [0.1, 0.15) is 23.3 Å². The molecule has 6 nitrogen and oxygen atoms in total. The van der Waals surface area contributed by atoms with Gasteiger partial charge in [-0.1, -0.05) is 30.0 Å². The van der Waals surface area contributed by atoms with E-state index >= 15 is 0 Å². The third-order valence-corrected chi connectivity index (χ3v) is 8.04. The first-order valence-electron chi connectivity index (χ1n) is 11.2. The van der Waals surface area contributed by atoms with Crippen LogP contribution < -0.4 is 10.5 Å². The predicted molar refractivity (Wildman–Crippen MR) is 137 cm³/mol. The van der Waals surface area contributed by atoms with Gasteiger partial charge in [0, 0.05) is 17.1 Å². The molecule has 0 spiro atoms. The molecule has 5 rings (SSSR count). The van der Waals surface area contributed by atoms with Crippen LogP contribution >= 0.6 is 23.1 Å². The molecule has 0 saturated carbocycles. The molecule has 0 aliphatic heterocycles. The number of halogens is 1. The molecule has 0 unspecified atom stereocenters. The number of benzene rings is 2. The molecular weight excluding hydrogens is 483 g/mol. The molecule has 0 fully saturated rings. The summed E-state index contributed by atoms with van der Waals surface area (Å²) in [4.78, 5) is 35.1. The second-order valence-electron chi connectivity index (χ2n) is 8.13. The van der Waals surface area contributed by atoms with E-state index in [0.29, 0.717) is 26.7 Å². The zero-order valence-electron chi connectivity index (χ0n) is 18.7. The summed E-state index contributed by atoms with van der Waals surface area (Å²) >= 11 is 2.75. The lowest BCUT2D eigenvalue weighted by Crippen LogP contribution is -2.33. The number of para-hydroxylation sites is 1. The molecule has 9 heteroatoms. The van der Waals surface area contributed by atoms with E-state index in [9.17, 15) is 14.0 Å². The number of nitrogens with zero attached hydrogens (tertiary/aromatic N) is 4. The monoisotopic (exact) mass is 504 g/mol. The lowest BCUT2D eigenvalue weighted by atomic mass is 10.2. The van der Waals surface area contributed by atoms with Crippen molar-refractivity contribution < 1.29 is 9.18 Å². The number of rotatable bonds is 7. The Morgan fingerprint density at radius 1 is 1.17 bits per heavy atom. The lowest BCUT2D eigenvalue weighted by Gasteiger charge is -2.22. The summed E-state index contributed by atoms with van der Waals surface area (Å²) in [6.45, 7) is 0.192. The van der Waals surface area contributed by atoms with Crippen LogP contribution in [0.4, 0.5) is 10.1 Å². The summed E-state index contributed by atoms with van der Waals surface area (Å²) in [6.07, 6.45) is 3.05. The summed E-state index contributed by atoms with van der Waals surface area (Å²) in [5.74, 6) is -0.638. The minimum atomic E-state index is -0.400. The van der Waals surface area contributed by atoms with E-state index in [-0.39, 0.29) is 30.2 Å². The van der Waals surface area contributed by atoms with Gasteiger partial charge >= 0.3 is 0 Å². The number of carbonyl (C=O) groups is 1. The number of thiophene rings is 1. The average Bonchev–Trinajstić information content (AvgIpc) is 3.45. The Balaban J connectivity index is 1.50. The smallest absolute Gasteiger partial charge is 0.267 e. The normalized spacial score (nSPS) is 12.5. The number of fused-ring (bicyclic) bond motifs is 3. The Labute approximate surface area is 209 Å². The van der Waals surface area contributed by atoms with Crippen molar-refractivity contribution in [2.75, 3.05) is 17.2 Å². The van der Waals surface area contributed by atoms with E-state index in [2.05, 4.69) is 6.07 Å². The standard InChI is InChI=1S/C26H21FN4O2S2/c27-17-10-12-18(13-11-17)30(15-5-14-28)22(32)16-34-26-29-24-23(20-8-4-9-21(20)35-24)25(33)31(26)19-6-2-1-3-7-19/h1-3,6-7,10-13H,4-5,8-9,15-16H2. The first-order chi connectivity index (χ1) is 17.1. The molecule has 0 radical (unpaired) electrons. The van der Waals surface area contributed by atoms with Crippen molar-refractivity contribution in [2.24, 2.45) is 0 Å². The average molecular weight is 505 g/mol. The van der Waals surface area contributed by atoms with E-state index in [1.165, 1.54) is 45.8 Å². The molecule has 0 saturated heterocycles. The molecule has 0 bridgehead atoms. The van der Waals surface area contributed by atoms with Gasteiger partial charge in [0.25, 0.3) is 5.56 Å². The summed E-state index contributed by atoms with van der Waals surface area (Å²) in [5, 5.41) is 10.2. The Morgan fingerprint density at radius 3 is 2.69 bits per heavy atom. The van der Waals surface area contributed by atoms with Gasteiger partial charge in [0.2, 0.25) is 5.91 Å². The molecule has 4 aromatic rings. The first kappa shape index (κ1) is 23.3. The Morgan fingerprint density at radius 2 is 1.94 bits per heavy atom. The highest BCUT2D eigenvalue weighted by Crippen LogP contribution is 2.36. The minimum absolute atomic E-state index is 0.0126. The fraction of sp³-hybridized carbons (Fsp3) is 0.231. The maximum Gasteiger partial charge on any atom is 0.267 e. The molecule has 1 amide bonds. The summed E-state index contributed by atoms with van der Waals surface area (Å²) in [6, 6.07) is 17.0. The van der Waals surface area contributed by atoms with Crippen molar-refractivity contribution >= 4 is 44.9 Å². The van der Waals surface area contributed by atoms with Crippen LogP contribution in [-0.2, 0) is 17.6 Å². The number of hydrogen-bond acceptors (Lipinski definition) is 6. The third-order valence-electron chi connectivity index (χ3n) is 5.93. The van der Waals surface area contributed by atoms with Crippen molar-refractivity contribution in [2.45, 2.75) is 30.8 Å². The fourth-order valence-corrected chi connectivity index (χ4v) is 6.50. The molecule has 2 aromatic heterocycles. The molecular formula is C26H21FN4O2S2. The van der Waals surface area contributed by atoms with Crippen molar-refractivity contribution in [3.8, 4) is 11.8 Å². The van der Waals surface area contributed by atoms with Crippen LogP contribution in [0.3, 0.4) is 0 Å². The van der Waals surface area contributed by atoms with E-state index in [1.807, 2.05) is 30.3 Å². The van der Waals surface area contributed by atoms with Crippen LogP contribution in [0.5, 0.6) is 0 Å². The van der Waals surface area contributed by atoms with Crippen LogP contribution in [-0.4, -0.2) is 27.8 Å². The highest BCUT2D eigenvalue weighted by atomic mass is 32.2. The summed E-state index contributed by atoms with van der Waals surface area (Å²) in [5.41, 5.74) is 2.21. The van der Waals surface area contributed by atoms with E-state index < -0.39 is 5.82 Å². The fourth-order valence-electron chi connectivity index (χ4n) is 4.31. The quantitative estimate of drug-likeness (QED) is 0.258. The highest BCUT2D eigenvalue weighted by molar-refractivity contribution is 7.99. The molecule has 1 aliphatic rings. The number of carbonyl (C=O) groups excluding carboxylic acids is 1. The van der Waals surface area contributed by atoms with Gasteiger partial charge in [-0.05, 0) is 61.2 Å². The maximum absolute atomic E-state index is 13.7. The van der Waals surface area contributed by atoms with Gasteiger partial charge in [-0.2, -0.15) is 5.26 Å². The van der Waals surface area contributed by atoms with Crippen molar-refractivity contribution in [3.05, 3.63) is 81.2 Å². The second kappa shape index (κ2) is 10.0. The zero-order valence-corrected chi connectivity index (χ0v) is 20.4. The number of aromatic nitrogens is 2. The topological polar surface area (TPSA) is 79.0 Å². The number of nitriles is 1. The van der Waals surface area contributed by atoms with Gasteiger partial charge < -0.3 is 4.90 Å². The van der Waals surface area contributed by atoms with Crippen LogP contribution in [0.2, 0.25) is 0 Å². The zero-order chi connectivity index (χ0) is 24.4. The number of thioether (sulfide) groups is 1. The number of aryl methyl sites for hydroxylation is 2. The summed E-state index contributed by atoms with van der Waals surface area (Å²) < 4.78 is 15.0. The Kier molecular flexibility index (Phi) is 6.66. The van der Waals surface area contributed by atoms with Crippen molar-refractivity contribution in [3.63, 3.8) is 0 Å². The number of anilines is 1.